The topological polar surface area (TPSA) is 12.0 Å². The lowest BCUT2D eigenvalue weighted by atomic mass is 9.98. The van der Waals surface area contributed by atoms with Crippen LogP contribution in [0.2, 0.25) is 5.02 Å². The summed E-state index contributed by atoms with van der Waals surface area (Å²) in [5.41, 5.74) is 1.46. The lowest BCUT2D eigenvalue weighted by Crippen LogP contribution is -2.19. The summed E-state index contributed by atoms with van der Waals surface area (Å²) < 4.78 is 15.8. The van der Waals surface area contributed by atoms with Gasteiger partial charge in [-0.15, -0.1) is 0 Å². The Kier molecular flexibility index (Phi) is 5.01. The maximum absolute atomic E-state index is 14.0. The second kappa shape index (κ2) is 6.35. The molecule has 0 bridgehead atoms. The molecular formula is C14H11Br2ClFN. The number of benzene rings is 2. The summed E-state index contributed by atoms with van der Waals surface area (Å²) in [6, 6.07) is 10.1. The van der Waals surface area contributed by atoms with Crippen LogP contribution in [0.5, 0.6) is 0 Å². The van der Waals surface area contributed by atoms with Crippen molar-refractivity contribution in [1.82, 2.24) is 5.32 Å². The molecule has 0 aliphatic rings. The van der Waals surface area contributed by atoms with Gasteiger partial charge in [-0.1, -0.05) is 43.5 Å². The zero-order valence-electron chi connectivity index (χ0n) is 10.1. The average Bonchev–Trinajstić information content (AvgIpc) is 2.38. The van der Waals surface area contributed by atoms with Crippen molar-refractivity contribution in [2.24, 2.45) is 0 Å². The van der Waals surface area contributed by atoms with Crippen LogP contribution in [0.4, 0.5) is 4.39 Å². The molecular weight excluding hydrogens is 396 g/mol. The van der Waals surface area contributed by atoms with Crippen molar-refractivity contribution in [2.75, 3.05) is 7.05 Å². The van der Waals surface area contributed by atoms with E-state index < -0.39 is 0 Å². The minimum absolute atomic E-state index is 0.273. The van der Waals surface area contributed by atoms with Gasteiger partial charge in [0.2, 0.25) is 0 Å². The van der Waals surface area contributed by atoms with Crippen molar-refractivity contribution in [1.29, 1.82) is 0 Å². The Morgan fingerprint density at radius 3 is 2.53 bits per heavy atom. The van der Waals surface area contributed by atoms with Gasteiger partial charge in [0.05, 0.1) is 6.04 Å². The molecule has 1 atom stereocenters. The van der Waals surface area contributed by atoms with Crippen LogP contribution in [0, 0.1) is 5.82 Å². The summed E-state index contributed by atoms with van der Waals surface area (Å²) in [4.78, 5) is 0. The predicted molar refractivity (Wildman–Crippen MR) is 84.2 cm³/mol. The van der Waals surface area contributed by atoms with Crippen LogP contribution < -0.4 is 5.32 Å². The van der Waals surface area contributed by atoms with Crippen molar-refractivity contribution in [3.05, 3.63) is 67.3 Å². The molecule has 0 aromatic heterocycles. The van der Waals surface area contributed by atoms with E-state index in [1.807, 2.05) is 18.2 Å². The largest absolute Gasteiger partial charge is 0.309 e. The third-order valence-electron chi connectivity index (χ3n) is 2.83. The summed E-state index contributed by atoms with van der Waals surface area (Å²) in [5.74, 6) is -0.282. The first kappa shape index (κ1) is 15.0. The number of hydrogen-bond acceptors (Lipinski definition) is 1. The summed E-state index contributed by atoms with van der Waals surface area (Å²) in [5, 5.41) is 3.64. The van der Waals surface area contributed by atoms with Gasteiger partial charge in [0, 0.05) is 19.5 Å². The van der Waals surface area contributed by atoms with Gasteiger partial charge >= 0.3 is 0 Å². The standard InChI is InChI=1S/C14H11Br2ClFN/c1-19-14(10-6-8(15)2-4-12(10)16)11-7-9(17)3-5-13(11)18/h2-7,14,19H,1H3. The van der Waals surface area contributed by atoms with E-state index in [2.05, 4.69) is 37.2 Å². The first-order valence-electron chi connectivity index (χ1n) is 5.60. The molecule has 0 radical (unpaired) electrons. The minimum atomic E-state index is -0.282. The van der Waals surface area contributed by atoms with Crippen LogP contribution in [-0.4, -0.2) is 7.05 Å². The second-order valence-electron chi connectivity index (χ2n) is 4.05. The second-order valence-corrected chi connectivity index (χ2v) is 6.26. The Balaban J connectivity index is 2.55. The Bertz CT molecular complexity index is 552. The van der Waals surface area contributed by atoms with Gasteiger partial charge in [-0.05, 0) is 49.0 Å². The molecule has 0 aliphatic heterocycles. The Morgan fingerprint density at radius 1 is 1.11 bits per heavy atom. The molecule has 19 heavy (non-hydrogen) atoms. The van der Waals surface area contributed by atoms with Crippen molar-refractivity contribution in [3.63, 3.8) is 0 Å². The quantitative estimate of drug-likeness (QED) is 0.727. The minimum Gasteiger partial charge on any atom is -0.309 e. The molecule has 2 aromatic rings. The first-order chi connectivity index (χ1) is 9.02. The number of halogens is 4. The van der Waals surface area contributed by atoms with E-state index in [0.717, 1.165) is 14.5 Å². The third kappa shape index (κ3) is 3.37. The summed E-state index contributed by atoms with van der Waals surface area (Å²) in [7, 11) is 1.79. The van der Waals surface area contributed by atoms with Gasteiger partial charge < -0.3 is 5.32 Å². The Labute approximate surface area is 133 Å². The molecule has 0 saturated heterocycles. The van der Waals surface area contributed by atoms with Gasteiger partial charge in [0.1, 0.15) is 5.82 Å². The molecule has 0 heterocycles. The lowest BCUT2D eigenvalue weighted by Gasteiger charge is -2.20. The van der Waals surface area contributed by atoms with Gasteiger partial charge in [-0.25, -0.2) is 4.39 Å². The third-order valence-corrected chi connectivity index (χ3v) is 4.28. The molecule has 1 nitrogen and oxygen atoms in total. The molecule has 1 unspecified atom stereocenters. The van der Waals surface area contributed by atoms with Crippen LogP contribution >= 0.6 is 43.5 Å². The van der Waals surface area contributed by atoms with E-state index in [4.69, 9.17) is 11.6 Å². The molecule has 1 N–H and O–H groups in total. The van der Waals surface area contributed by atoms with Gasteiger partial charge in [0.15, 0.2) is 0 Å². The summed E-state index contributed by atoms with van der Waals surface area (Å²) in [6.07, 6.45) is 0. The van der Waals surface area contributed by atoms with E-state index in [-0.39, 0.29) is 11.9 Å². The fraction of sp³-hybridized carbons (Fsp3) is 0.143. The fourth-order valence-corrected chi connectivity index (χ4v) is 2.99. The van der Waals surface area contributed by atoms with Crippen LogP contribution in [0.15, 0.2) is 45.3 Å². The van der Waals surface area contributed by atoms with Crippen LogP contribution in [0.25, 0.3) is 0 Å². The highest BCUT2D eigenvalue weighted by molar-refractivity contribution is 9.11. The zero-order chi connectivity index (χ0) is 14.0. The van der Waals surface area contributed by atoms with Crippen molar-refractivity contribution < 1.29 is 4.39 Å². The van der Waals surface area contributed by atoms with Gasteiger partial charge in [-0.3, -0.25) is 0 Å². The normalized spacial score (nSPS) is 12.5. The van der Waals surface area contributed by atoms with E-state index in [9.17, 15) is 4.39 Å². The molecule has 0 saturated carbocycles. The first-order valence-corrected chi connectivity index (χ1v) is 7.56. The van der Waals surface area contributed by atoms with Crippen molar-refractivity contribution in [3.8, 4) is 0 Å². The molecule has 0 spiro atoms. The average molecular weight is 408 g/mol. The lowest BCUT2D eigenvalue weighted by molar-refractivity contribution is 0.575. The fourth-order valence-electron chi connectivity index (χ4n) is 1.95. The molecule has 2 rings (SSSR count). The zero-order valence-corrected chi connectivity index (χ0v) is 14.0. The number of rotatable bonds is 3. The van der Waals surface area contributed by atoms with E-state index in [1.54, 1.807) is 19.2 Å². The van der Waals surface area contributed by atoms with E-state index >= 15 is 0 Å². The summed E-state index contributed by atoms with van der Waals surface area (Å²) in [6.45, 7) is 0. The van der Waals surface area contributed by atoms with Crippen LogP contribution in [0.3, 0.4) is 0 Å². The molecule has 0 fully saturated rings. The Hall–Kier alpha value is -0.420. The SMILES string of the molecule is CNC(c1cc(Cl)ccc1F)c1cc(Br)ccc1Br. The highest BCUT2D eigenvalue weighted by Gasteiger charge is 2.19. The van der Waals surface area contributed by atoms with Gasteiger partial charge in [0.25, 0.3) is 0 Å². The highest BCUT2D eigenvalue weighted by Crippen LogP contribution is 2.33. The summed E-state index contributed by atoms with van der Waals surface area (Å²) >= 11 is 12.9. The van der Waals surface area contributed by atoms with E-state index in [0.29, 0.717) is 10.6 Å². The number of hydrogen-bond donors (Lipinski definition) is 1. The molecule has 0 amide bonds. The molecule has 100 valence electrons. The molecule has 5 heteroatoms. The highest BCUT2D eigenvalue weighted by atomic mass is 79.9. The predicted octanol–water partition coefficient (Wildman–Crippen LogP) is 5.31. The maximum atomic E-state index is 14.0. The smallest absolute Gasteiger partial charge is 0.128 e. The van der Waals surface area contributed by atoms with E-state index in [1.165, 1.54) is 6.07 Å². The Morgan fingerprint density at radius 2 is 1.84 bits per heavy atom. The molecule has 2 aromatic carbocycles. The van der Waals surface area contributed by atoms with Gasteiger partial charge in [-0.2, -0.15) is 0 Å². The van der Waals surface area contributed by atoms with Crippen molar-refractivity contribution >= 4 is 43.5 Å². The van der Waals surface area contributed by atoms with Crippen LogP contribution in [-0.2, 0) is 0 Å². The molecule has 0 aliphatic carbocycles. The monoisotopic (exact) mass is 405 g/mol. The van der Waals surface area contributed by atoms with Crippen LogP contribution in [0.1, 0.15) is 17.2 Å². The number of nitrogens with one attached hydrogen (secondary N) is 1. The maximum Gasteiger partial charge on any atom is 0.128 e. The van der Waals surface area contributed by atoms with Crippen molar-refractivity contribution in [2.45, 2.75) is 6.04 Å².